The average Bonchev–Trinajstić information content (AvgIpc) is 2.45. The molecule has 1 atom stereocenters. The lowest BCUT2D eigenvalue weighted by Crippen LogP contribution is -2.53. The van der Waals surface area contributed by atoms with Gasteiger partial charge in [0, 0.05) is 13.0 Å². The number of ether oxygens (including phenoxy) is 1. The Kier molecular flexibility index (Phi) is 5.55. The van der Waals surface area contributed by atoms with Crippen molar-refractivity contribution in [3.8, 4) is 5.75 Å². The number of aliphatic carboxylic acids is 1. The molecular formula is C15H21NO4. The van der Waals surface area contributed by atoms with Crippen LogP contribution in [0.15, 0.2) is 24.3 Å². The number of carbonyl (C=O) groups excluding carboxylic acids is 1. The molecule has 0 aliphatic carbocycles. The summed E-state index contributed by atoms with van der Waals surface area (Å²) in [6, 6.07) is 7.19. The normalized spacial score (nSPS) is 13.3. The van der Waals surface area contributed by atoms with E-state index in [4.69, 9.17) is 4.74 Å². The quantitative estimate of drug-likeness (QED) is 0.739. The Morgan fingerprint density at radius 3 is 2.40 bits per heavy atom. The van der Waals surface area contributed by atoms with E-state index in [1.165, 1.54) is 4.90 Å². The van der Waals surface area contributed by atoms with Gasteiger partial charge in [0.2, 0.25) is 6.41 Å². The second-order valence-corrected chi connectivity index (χ2v) is 4.90. The zero-order valence-electron chi connectivity index (χ0n) is 12.1. The average molecular weight is 279 g/mol. The third kappa shape index (κ3) is 3.50. The van der Waals surface area contributed by atoms with Crippen LogP contribution < -0.4 is 4.74 Å². The van der Waals surface area contributed by atoms with Crippen LogP contribution in [0.3, 0.4) is 0 Å². The van der Waals surface area contributed by atoms with Crippen molar-refractivity contribution >= 4 is 12.4 Å². The van der Waals surface area contributed by atoms with Crippen molar-refractivity contribution in [2.75, 3.05) is 13.7 Å². The van der Waals surface area contributed by atoms with E-state index >= 15 is 0 Å². The minimum absolute atomic E-state index is 0.255. The lowest BCUT2D eigenvalue weighted by molar-refractivity contribution is -0.154. The summed E-state index contributed by atoms with van der Waals surface area (Å²) in [4.78, 5) is 24.1. The first-order chi connectivity index (χ1) is 9.47. The number of carboxylic acid groups (broad SMARTS) is 1. The molecule has 1 aromatic carbocycles. The molecule has 1 aromatic rings. The Labute approximate surface area is 119 Å². The first-order valence-electron chi connectivity index (χ1n) is 6.56. The minimum Gasteiger partial charge on any atom is -0.497 e. The van der Waals surface area contributed by atoms with Gasteiger partial charge in [-0.15, -0.1) is 0 Å². The molecule has 0 heterocycles. The fourth-order valence-electron chi connectivity index (χ4n) is 2.10. The predicted octanol–water partition coefficient (Wildman–Crippen LogP) is 1.95. The summed E-state index contributed by atoms with van der Waals surface area (Å²) in [6.45, 7) is 3.90. The van der Waals surface area contributed by atoms with E-state index in [1.54, 1.807) is 26.2 Å². The molecule has 1 amide bonds. The van der Waals surface area contributed by atoms with E-state index in [9.17, 15) is 14.7 Å². The zero-order chi connectivity index (χ0) is 15.2. The summed E-state index contributed by atoms with van der Waals surface area (Å²) < 4.78 is 5.07. The van der Waals surface area contributed by atoms with Crippen molar-refractivity contribution in [3.63, 3.8) is 0 Å². The number of hydrogen-bond donors (Lipinski definition) is 1. The van der Waals surface area contributed by atoms with Gasteiger partial charge in [0.05, 0.1) is 7.11 Å². The molecule has 110 valence electrons. The van der Waals surface area contributed by atoms with Gasteiger partial charge in [-0.3, -0.25) is 4.79 Å². The van der Waals surface area contributed by atoms with Crippen LogP contribution in [0.4, 0.5) is 0 Å². The van der Waals surface area contributed by atoms with Gasteiger partial charge in [0.15, 0.2) is 0 Å². The minimum atomic E-state index is -1.24. The highest BCUT2D eigenvalue weighted by atomic mass is 16.5. The lowest BCUT2D eigenvalue weighted by Gasteiger charge is -2.35. The highest BCUT2D eigenvalue weighted by Crippen LogP contribution is 2.22. The van der Waals surface area contributed by atoms with Crippen molar-refractivity contribution < 1.29 is 19.4 Å². The highest BCUT2D eigenvalue weighted by molar-refractivity contribution is 5.81. The second-order valence-electron chi connectivity index (χ2n) is 4.90. The molecule has 1 N–H and O–H groups in total. The van der Waals surface area contributed by atoms with Gasteiger partial charge in [0.25, 0.3) is 0 Å². The summed E-state index contributed by atoms with van der Waals surface area (Å²) in [7, 11) is 1.58. The lowest BCUT2D eigenvalue weighted by atomic mass is 9.91. The number of carboxylic acids is 1. The molecule has 0 radical (unpaired) electrons. The van der Waals surface area contributed by atoms with Gasteiger partial charge < -0.3 is 14.7 Å². The van der Waals surface area contributed by atoms with Gasteiger partial charge in [-0.05, 0) is 31.0 Å². The maximum atomic E-state index is 11.6. The van der Waals surface area contributed by atoms with Crippen molar-refractivity contribution in [1.29, 1.82) is 0 Å². The number of nitrogens with zero attached hydrogens (tertiary/aromatic N) is 1. The van der Waals surface area contributed by atoms with Gasteiger partial charge in [-0.25, -0.2) is 4.79 Å². The summed E-state index contributed by atoms with van der Waals surface area (Å²) in [5, 5.41) is 9.50. The van der Waals surface area contributed by atoms with Crippen LogP contribution in [0.2, 0.25) is 0 Å². The Hall–Kier alpha value is -2.04. The molecule has 1 unspecified atom stereocenters. The molecule has 0 fully saturated rings. The van der Waals surface area contributed by atoms with Crippen LogP contribution in [-0.4, -0.2) is 41.6 Å². The fraction of sp³-hybridized carbons (Fsp3) is 0.467. The van der Waals surface area contributed by atoms with Crippen LogP contribution in [0.1, 0.15) is 25.8 Å². The number of benzene rings is 1. The molecule has 5 heteroatoms. The summed E-state index contributed by atoms with van der Waals surface area (Å²) in [5.41, 5.74) is -0.398. The molecule has 1 rings (SSSR count). The topological polar surface area (TPSA) is 66.8 Å². The first kappa shape index (κ1) is 16.0. The van der Waals surface area contributed by atoms with Crippen LogP contribution in [-0.2, 0) is 16.0 Å². The van der Waals surface area contributed by atoms with Crippen LogP contribution in [0.25, 0.3) is 0 Å². The van der Waals surface area contributed by atoms with Gasteiger partial charge in [-0.2, -0.15) is 0 Å². The predicted molar refractivity (Wildman–Crippen MR) is 75.8 cm³/mol. The third-order valence-corrected chi connectivity index (χ3v) is 3.39. The van der Waals surface area contributed by atoms with Crippen molar-refractivity contribution in [1.82, 2.24) is 4.90 Å². The first-order valence-corrected chi connectivity index (χ1v) is 6.56. The Balaban J connectivity index is 3.00. The summed E-state index contributed by atoms with van der Waals surface area (Å²) in [5.74, 6) is -0.291. The Bertz CT molecular complexity index is 457. The molecule has 0 bridgehead atoms. The molecular weight excluding hydrogens is 258 g/mol. The maximum Gasteiger partial charge on any atom is 0.329 e. The number of carbonyl (C=O) groups is 2. The Morgan fingerprint density at radius 2 is 2.00 bits per heavy atom. The van der Waals surface area contributed by atoms with Gasteiger partial charge in [0.1, 0.15) is 11.3 Å². The van der Waals surface area contributed by atoms with Crippen LogP contribution in [0, 0.1) is 0 Å². The van der Waals surface area contributed by atoms with E-state index in [0.717, 1.165) is 5.56 Å². The fourth-order valence-corrected chi connectivity index (χ4v) is 2.10. The third-order valence-electron chi connectivity index (χ3n) is 3.39. The van der Waals surface area contributed by atoms with E-state index in [0.29, 0.717) is 25.1 Å². The number of rotatable bonds is 8. The Morgan fingerprint density at radius 1 is 1.40 bits per heavy atom. The van der Waals surface area contributed by atoms with Crippen LogP contribution >= 0.6 is 0 Å². The zero-order valence-corrected chi connectivity index (χ0v) is 12.1. The SMILES string of the molecule is CCCN(C=O)C(C)(Cc1ccc(OC)cc1)C(=O)O. The monoisotopic (exact) mass is 279 g/mol. The molecule has 20 heavy (non-hydrogen) atoms. The van der Waals surface area contributed by atoms with Crippen molar-refractivity contribution in [2.24, 2.45) is 0 Å². The summed E-state index contributed by atoms with van der Waals surface area (Å²) >= 11 is 0. The van der Waals surface area contributed by atoms with E-state index in [2.05, 4.69) is 0 Å². The molecule has 0 aliphatic heterocycles. The molecule has 0 aromatic heterocycles. The van der Waals surface area contributed by atoms with E-state index in [-0.39, 0.29) is 6.42 Å². The van der Waals surface area contributed by atoms with E-state index < -0.39 is 11.5 Å². The molecule has 0 aliphatic rings. The maximum absolute atomic E-state index is 11.6. The number of hydrogen-bond acceptors (Lipinski definition) is 3. The number of amides is 1. The van der Waals surface area contributed by atoms with Crippen LogP contribution in [0.5, 0.6) is 5.75 Å². The largest absolute Gasteiger partial charge is 0.497 e. The molecule has 0 saturated heterocycles. The van der Waals surface area contributed by atoms with Gasteiger partial charge >= 0.3 is 5.97 Å². The molecule has 0 spiro atoms. The van der Waals surface area contributed by atoms with E-state index in [1.807, 2.05) is 19.1 Å². The highest BCUT2D eigenvalue weighted by Gasteiger charge is 2.38. The smallest absolute Gasteiger partial charge is 0.329 e. The van der Waals surface area contributed by atoms with Gasteiger partial charge in [-0.1, -0.05) is 19.1 Å². The summed E-state index contributed by atoms with van der Waals surface area (Å²) in [6.07, 6.45) is 1.58. The van der Waals surface area contributed by atoms with Crippen molar-refractivity contribution in [2.45, 2.75) is 32.2 Å². The molecule has 5 nitrogen and oxygen atoms in total. The standard InChI is InChI=1S/C15H21NO4/c1-4-9-16(11-17)15(2,14(18)19)10-12-5-7-13(20-3)8-6-12/h5-8,11H,4,9-10H2,1-3H3,(H,18,19). The number of methoxy groups -OCH3 is 1. The second kappa shape index (κ2) is 6.93. The molecule has 0 saturated carbocycles. The van der Waals surface area contributed by atoms with Crippen molar-refractivity contribution in [3.05, 3.63) is 29.8 Å².